The molecule has 2 N–H and O–H groups in total. The number of nitrogens with zero attached hydrogens (tertiary/aromatic N) is 1. The predicted molar refractivity (Wildman–Crippen MR) is 126 cm³/mol. The molecule has 0 aliphatic heterocycles. The zero-order valence-corrected chi connectivity index (χ0v) is 19.9. The summed E-state index contributed by atoms with van der Waals surface area (Å²) in [5, 5.41) is 4.00. The molecule has 0 atom stereocenters. The highest BCUT2D eigenvalue weighted by Gasteiger charge is 2.32. The van der Waals surface area contributed by atoms with Gasteiger partial charge in [0.05, 0.1) is 16.9 Å². The fraction of sp³-hybridized carbons (Fsp3) is 0.696. The van der Waals surface area contributed by atoms with E-state index in [4.69, 9.17) is 0 Å². The average molecular weight is 448 g/mol. The van der Waals surface area contributed by atoms with Gasteiger partial charge in [-0.1, -0.05) is 27.2 Å². The van der Waals surface area contributed by atoms with Crippen LogP contribution in [0.15, 0.2) is 4.79 Å². The molecule has 2 aromatic rings. The van der Waals surface area contributed by atoms with E-state index in [0.717, 1.165) is 48.2 Å². The smallest absolute Gasteiger partial charge is 0.259 e. The molecule has 2 aliphatic carbocycles. The van der Waals surface area contributed by atoms with Crippen LogP contribution in [0.4, 0.5) is 0 Å². The summed E-state index contributed by atoms with van der Waals surface area (Å²) in [5.74, 6) is 2.49. The molecule has 0 unspecified atom stereocenters. The first kappa shape index (κ1) is 21.9. The number of nitrogens with one attached hydrogen (secondary N) is 2. The van der Waals surface area contributed by atoms with Gasteiger partial charge in [-0.3, -0.25) is 9.59 Å². The van der Waals surface area contributed by atoms with Crippen LogP contribution in [-0.4, -0.2) is 27.7 Å². The lowest BCUT2D eigenvalue weighted by Gasteiger charge is -2.39. The topological polar surface area (TPSA) is 74.8 Å². The molecule has 1 saturated carbocycles. The van der Waals surface area contributed by atoms with Crippen molar-refractivity contribution in [2.24, 2.45) is 11.3 Å². The molecule has 164 valence electrons. The lowest BCUT2D eigenvalue weighted by Crippen LogP contribution is -2.40. The Labute approximate surface area is 186 Å². The first-order chi connectivity index (χ1) is 14.4. The standard InChI is InChI=1S/C23H33N3O2S2/c1-4-23(2,3)14-8-10-15(11-9-14)24-19(27)13-29-12-18-25-21(28)20-16-6-5-7-17(16)30-22(20)26-18/h14-15H,4-13H2,1-3H3,(H,24,27)(H,25,26,28). The number of fused-ring (bicyclic) bond motifs is 3. The molecule has 0 spiro atoms. The first-order valence-corrected chi connectivity index (χ1v) is 13.2. The number of carbonyl (C=O) groups excluding carboxylic acids is 1. The van der Waals surface area contributed by atoms with Crippen LogP contribution in [0.25, 0.3) is 10.2 Å². The second kappa shape index (κ2) is 9.03. The summed E-state index contributed by atoms with van der Waals surface area (Å²) in [6.07, 6.45) is 8.98. The summed E-state index contributed by atoms with van der Waals surface area (Å²) in [6, 6.07) is 0.310. The van der Waals surface area contributed by atoms with Gasteiger partial charge in [-0.15, -0.1) is 23.1 Å². The number of hydrogen-bond donors (Lipinski definition) is 2. The normalized spacial score (nSPS) is 21.7. The Hall–Kier alpha value is -1.34. The summed E-state index contributed by atoms with van der Waals surface area (Å²) >= 11 is 3.18. The Kier molecular flexibility index (Phi) is 6.58. The van der Waals surface area contributed by atoms with E-state index >= 15 is 0 Å². The number of amides is 1. The van der Waals surface area contributed by atoms with E-state index in [1.807, 2.05) is 0 Å². The molecular weight excluding hydrogens is 414 g/mol. The number of aromatic amines is 1. The van der Waals surface area contributed by atoms with Crippen LogP contribution in [0, 0.1) is 11.3 Å². The van der Waals surface area contributed by atoms with Gasteiger partial charge in [0, 0.05) is 10.9 Å². The maximum Gasteiger partial charge on any atom is 0.259 e. The van der Waals surface area contributed by atoms with Crippen LogP contribution in [0.3, 0.4) is 0 Å². The molecule has 30 heavy (non-hydrogen) atoms. The summed E-state index contributed by atoms with van der Waals surface area (Å²) in [7, 11) is 0. The van der Waals surface area contributed by atoms with Crippen LogP contribution >= 0.6 is 23.1 Å². The molecule has 0 radical (unpaired) electrons. The number of carbonyl (C=O) groups is 1. The van der Waals surface area contributed by atoms with E-state index in [2.05, 4.69) is 36.1 Å². The van der Waals surface area contributed by atoms with Crippen molar-refractivity contribution in [2.45, 2.75) is 83.9 Å². The molecule has 0 bridgehead atoms. The van der Waals surface area contributed by atoms with E-state index in [9.17, 15) is 9.59 Å². The highest BCUT2D eigenvalue weighted by atomic mass is 32.2. The third-order valence-corrected chi connectivity index (χ3v) is 9.33. The van der Waals surface area contributed by atoms with Crippen molar-refractivity contribution in [3.8, 4) is 0 Å². The van der Waals surface area contributed by atoms with Gasteiger partial charge in [-0.2, -0.15) is 0 Å². The van der Waals surface area contributed by atoms with Gasteiger partial charge in [-0.05, 0) is 61.8 Å². The van der Waals surface area contributed by atoms with Crippen LogP contribution < -0.4 is 10.9 Å². The zero-order chi connectivity index (χ0) is 21.3. The molecule has 2 aromatic heterocycles. The summed E-state index contributed by atoms with van der Waals surface area (Å²) in [6.45, 7) is 7.01. The molecule has 1 amide bonds. The first-order valence-electron chi connectivity index (χ1n) is 11.3. The SMILES string of the molecule is CCC(C)(C)C1CCC(NC(=O)CSCc2nc3sc4c(c3c(=O)[nH]2)CCC4)CC1. The average Bonchev–Trinajstić information content (AvgIpc) is 3.29. The van der Waals surface area contributed by atoms with E-state index < -0.39 is 0 Å². The van der Waals surface area contributed by atoms with Crippen LogP contribution in [0.2, 0.25) is 0 Å². The van der Waals surface area contributed by atoms with E-state index in [1.165, 1.54) is 41.5 Å². The van der Waals surface area contributed by atoms with Crippen molar-refractivity contribution in [1.29, 1.82) is 0 Å². The molecule has 0 aromatic carbocycles. The number of thioether (sulfide) groups is 1. The van der Waals surface area contributed by atoms with Crippen molar-refractivity contribution in [3.05, 3.63) is 26.6 Å². The number of rotatable bonds is 7. The monoisotopic (exact) mass is 447 g/mol. The van der Waals surface area contributed by atoms with Gasteiger partial charge in [0.15, 0.2) is 0 Å². The Morgan fingerprint density at radius 3 is 2.77 bits per heavy atom. The van der Waals surface area contributed by atoms with Crippen molar-refractivity contribution in [2.75, 3.05) is 5.75 Å². The van der Waals surface area contributed by atoms with Gasteiger partial charge < -0.3 is 10.3 Å². The number of H-pyrrole nitrogens is 1. The van der Waals surface area contributed by atoms with E-state index in [-0.39, 0.29) is 11.5 Å². The minimum Gasteiger partial charge on any atom is -0.353 e. The van der Waals surface area contributed by atoms with Crippen molar-refractivity contribution >= 4 is 39.2 Å². The third-order valence-electron chi connectivity index (χ3n) is 7.20. The second-order valence-electron chi connectivity index (χ2n) is 9.50. The lowest BCUT2D eigenvalue weighted by molar-refractivity contribution is -0.119. The van der Waals surface area contributed by atoms with Gasteiger partial charge in [-0.25, -0.2) is 4.98 Å². The van der Waals surface area contributed by atoms with Gasteiger partial charge >= 0.3 is 0 Å². The van der Waals surface area contributed by atoms with Gasteiger partial charge in [0.1, 0.15) is 10.7 Å². The van der Waals surface area contributed by atoms with Crippen molar-refractivity contribution in [3.63, 3.8) is 0 Å². The fourth-order valence-corrected chi connectivity index (χ4v) is 6.91. The van der Waals surface area contributed by atoms with E-state index in [1.54, 1.807) is 11.3 Å². The number of aromatic nitrogens is 2. The summed E-state index contributed by atoms with van der Waals surface area (Å²) in [5.41, 5.74) is 1.59. The summed E-state index contributed by atoms with van der Waals surface area (Å²) < 4.78 is 0. The minimum absolute atomic E-state index is 0.0220. The zero-order valence-electron chi connectivity index (χ0n) is 18.3. The van der Waals surface area contributed by atoms with E-state index in [0.29, 0.717) is 28.8 Å². The molecular formula is C23H33N3O2S2. The van der Waals surface area contributed by atoms with Crippen LogP contribution in [0.5, 0.6) is 0 Å². The highest BCUT2D eigenvalue weighted by Crippen LogP contribution is 2.40. The molecule has 0 saturated heterocycles. The van der Waals surface area contributed by atoms with Gasteiger partial charge in [0.2, 0.25) is 5.91 Å². The Balaban J connectivity index is 1.25. The quantitative estimate of drug-likeness (QED) is 0.638. The van der Waals surface area contributed by atoms with Crippen LogP contribution in [-0.2, 0) is 23.4 Å². The predicted octanol–water partition coefficient (Wildman–Crippen LogP) is 4.82. The van der Waals surface area contributed by atoms with Gasteiger partial charge in [0.25, 0.3) is 5.56 Å². The highest BCUT2D eigenvalue weighted by molar-refractivity contribution is 7.99. The molecule has 2 aliphatic rings. The third kappa shape index (κ3) is 4.62. The molecule has 5 nitrogen and oxygen atoms in total. The molecule has 7 heteroatoms. The van der Waals surface area contributed by atoms with Crippen molar-refractivity contribution in [1.82, 2.24) is 15.3 Å². The Morgan fingerprint density at radius 2 is 2.03 bits per heavy atom. The van der Waals surface area contributed by atoms with Crippen LogP contribution in [0.1, 0.15) is 75.6 Å². The van der Waals surface area contributed by atoms with Crippen molar-refractivity contribution < 1.29 is 4.79 Å². The summed E-state index contributed by atoms with van der Waals surface area (Å²) in [4.78, 5) is 34.7. The second-order valence-corrected chi connectivity index (χ2v) is 11.6. The largest absolute Gasteiger partial charge is 0.353 e. The number of aryl methyl sites for hydroxylation is 2. The maximum atomic E-state index is 12.5. The Bertz CT molecular complexity index is 971. The maximum absolute atomic E-state index is 12.5. The fourth-order valence-electron chi connectivity index (χ4n) is 4.93. The number of thiophene rings is 1. The minimum atomic E-state index is -0.0220. The molecule has 2 heterocycles. The number of hydrogen-bond acceptors (Lipinski definition) is 5. The lowest BCUT2D eigenvalue weighted by atomic mass is 9.69. The molecule has 4 rings (SSSR count). The molecule has 1 fully saturated rings. The Morgan fingerprint density at radius 1 is 1.27 bits per heavy atom.